The van der Waals surface area contributed by atoms with Crippen molar-refractivity contribution in [2.45, 2.75) is 46.1 Å². The van der Waals surface area contributed by atoms with Gasteiger partial charge in [-0.2, -0.15) is 0 Å². The van der Waals surface area contributed by atoms with Crippen molar-refractivity contribution in [2.75, 3.05) is 0 Å². The van der Waals surface area contributed by atoms with E-state index in [0.717, 1.165) is 10.9 Å². The molecule has 0 heterocycles. The number of amides is 1. The van der Waals surface area contributed by atoms with Gasteiger partial charge >= 0.3 is 0 Å². The second kappa shape index (κ2) is 7.15. The van der Waals surface area contributed by atoms with Gasteiger partial charge < -0.3 is 5.32 Å². The molecule has 3 atom stereocenters. The number of carbonyl (C=O) groups excluding carboxylic acids is 1. The van der Waals surface area contributed by atoms with Gasteiger partial charge in [-0.15, -0.1) is 0 Å². The van der Waals surface area contributed by atoms with Crippen LogP contribution in [0.1, 0.15) is 50.4 Å². The fourth-order valence-corrected chi connectivity index (χ4v) is 4.15. The van der Waals surface area contributed by atoms with Crippen LogP contribution in [0.5, 0.6) is 0 Å². The zero-order valence-corrected chi connectivity index (χ0v) is 15.2. The van der Waals surface area contributed by atoms with Crippen LogP contribution < -0.4 is 5.32 Å². The van der Waals surface area contributed by atoms with E-state index in [1.807, 2.05) is 0 Å². The molecule has 21 heavy (non-hydrogen) atoms. The van der Waals surface area contributed by atoms with Crippen molar-refractivity contribution in [1.82, 2.24) is 5.32 Å². The standard InChI is InChI=1S/C17H23BrClNO/c1-10(2)13-6-4-11(3)8-16(13)20-17(21)14-7-5-12(19)9-15(14)18/h5,7,9-11,13,16H,4,6,8H2,1-3H3,(H,20,21). The van der Waals surface area contributed by atoms with Crippen LogP contribution in [0.2, 0.25) is 5.02 Å². The summed E-state index contributed by atoms with van der Waals surface area (Å²) in [7, 11) is 0. The van der Waals surface area contributed by atoms with E-state index < -0.39 is 0 Å². The second-order valence-corrected chi connectivity index (χ2v) is 7.82. The van der Waals surface area contributed by atoms with Crippen LogP contribution in [0.15, 0.2) is 22.7 Å². The van der Waals surface area contributed by atoms with E-state index in [1.54, 1.807) is 18.2 Å². The highest BCUT2D eigenvalue weighted by atomic mass is 79.9. The summed E-state index contributed by atoms with van der Waals surface area (Å²) in [6.07, 6.45) is 3.53. The topological polar surface area (TPSA) is 29.1 Å². The molecule has 0 radical (unpaired) electrons. The number of carbonyl (C=O) groups is 1. The molecule has 3 unspecified atom stereocenters. The first-order valence-corrected chi connectivity index (χ1v) is 8.81. The summed E-state index contributed by atoms with van der Waals surface area (Å²) in [5.41, 5.74) is 0.653. The number of rotatable bonds is 3. The molecule has 1 fully saturated rings. The lowest BCUT2D eigenvalue weighted by Crippen LogP contribution is -2.45. The molecule has 1 aliphatic rings. The van der Waals surface area contributed by atoms with Gasteiger partial charge in [0.15, 0.2) is 0 Å². The molecule has 4 heteroatoms. The Balaban J connectivity index is 2.12. The lowest BCUT2D eigenvalue weighted by molar-refractivity contribution is 0.0867. The molecule has 1 saturated carbocycles. The normalized spacial score (nSPS) is 25.9. The Kier molecular flexibility index (Phi) is 5.73. The molecular formula is C17H23BrClNO. The van der Waals surface area contributed by atoms with Gasteiger partial charge in [-0.3, -0.25) is 4.79 Å². The Labute approximate surface area is 140 Å². The first-order chi connectivity index (χ1) is 9.88. The summed E-state index contributed by atoms with van der Waals surface area (Å²) in [6, 6.07) is 5.56. The summed E-state index contributed by atoms with van der Waals surface area (Å²) in [6.45, 7) is 6.77. The van der Waals surface area contributed by atoms with E-state index in [0.29, 0.717) is 28.3 Å². The van der Waals surface area contributed by atoms with Crippen LogP contribution >= 0.6 is 27.5 Å². The Morgan fingerprint density at radius 2 is 2.10 bits per heavy atom. The molecule has 1 aromatic carbocycles. The quantitative estimate of drug-likeness (QED) is 0.767. The van der Waals surface area contributed by atoms with Crippen molar-refractivity contribution in [2.24, 2.45) is 17.8 Å². The van der Waals surface area contributed by atoms with Gasteiger partial charge in [0.05, 0.1) is 5.56 Å². The predicted molar refractivity (Wildman–Crippen MR) is 91.7 cm³/mol. The number of nitrogens with one attached hydrogen (secondary N) is 1. The molecule has 0 aliphatic heterocycles. The van der Waals surface area contributed by atoms with Gasteiger partial charge in [0, 0.05) is 15.5 Å². The van der Waals surface area contributed by atoms with Crippen LogP contribution in [-0.2, 0) is 0 Å². The minimum atomic E-state index is -0.0108. The highest BCUT2D eigenvalue weighted by Gasteiger charge is 2.32. The molecule has 0 spiro atoms. The van der Waals surface area contributed by atoms with E-state index >= 15 is 0 Å². The highest BCUT2D eigenvalue weighted by molar-refractivity contribution is 9.10. The zero-order chi connectivity index (χ0) is 15.6. The van der Waals surface area contributed by atoms with Crippen LogP contribution in [0, 0.1) is 17.8 Å². The Hall–Kier alpha value is -0.540. The minimum absolute atomic E-state index is 0.0108. The molecule has 116 valence electrons. The number of benzene rings is 1. The summed E-state index contributed by atoms with van der Waals surface area (Å²) in [5.74, 6) is 1.83. The van der Waals surface area contributed by atoms with E-state index in [1.165, 1.54) is 12.8 Å². The van der Waals surface area contributed by atoms with Gasteiger partial charge in [0.2, 0.25) is 0 Å². The van der Waals surface area contributed by atoms with Crippen molar-refractivity contribution in [3.63, 3.8) is 0 Å². The van der Waals surface area contributed by atoms with Gasteiger partial charge in [0.25, 0.3) is 5.91 Å². The highest BCUT2D eigenvalue weighted by Crippen LogP contribution is 2.34. The molecule has 1 aromatic rings. The lowest BCUT2D eigenvalue weighted by atomic mass is 9.74. The van der Waals surface area contributed by atoms with Crippen LogP contribution in [-0.4, -0.2) is 11.9 Å². The molecule has 0 saturated heterocycles. The first kappa shape index (κ1) is 16.8. The fraction of sp³-hybridized carbons (Fsp3) is 0.588. The van der Waals surface area contributed by atoms with Gasteiger partial charge in [-0.1, -0.05) is 38.8 Å². The molecule has 0 bridgehead atoms. The maximum Gasteiger partial charge on any atom is 0.252 e. The van der Waals surface area contributed by atoms with E-state index in [9.17, 15) is 4.79 Å². The van der Waals surface area contributed by atoms with Crippen LogP contribution in [0.4, 0.5) is 0 Å². The van der Waals surface area contributed by atoms with Crippen molar-refractivity contribution in [3.8, 4) is 0 Å². The third-order valence-electron chi connectivity index (χ3n) is 4.51. The summed E-state index contributed by atoms with van der Waals surface area (Å²) in [4.78, 5) is 12.5. The molecule has 1 N–H and O–H groups in total. The fourth-order valence-electron chi connectivity index (χ4n) is 3.29. The second-order valence-electron chi connectivity index (χ2n) is 6.53. The average molecular weight is 373 g/mol. The van der Waals surface area contributed by atoms with Gasteiger partial charge in [0.1, 0.15) is 0 Å². The SMILES string of the molecule is CC1CCC(C(C)C)C(NC(=O)c2ccc(Cl)cc2Br)C1. The molecule has 2 nitrogen and oxygen atoms in total. The molecule has 0 aromatic heterocycles. The van der Waals surface area contributed by atoms with E-state index in [4.69, 9.17) is 11.6 Å². The van der Waals surface area contributed by atoms with Gasteiger partial charge in [-0.05, 0) is 64.7 Å². The Morgan fingerprint density at radius 3 is 2.71 bits per heavy atom. The van der Waals surface area contributed by atoms with E-state index in [2.05, 4.69) is 42.0 Å². The van der Waals surface area contributed by atoms with Crippen molar-refractivity contribution in [3.05, 3.63) is 33.3 Å². The van der Waals surface area contributed by atoms with Crippen LogP contribution in [0.3, 0.4) is 0 Å². The lowest BCUT2D eigenvalue weighted by Gasteiger charge is -2.37. The number of halogens is 2. The average Bonchev–Trinajstić information content (AvgIpc) is 2.37. The Morgan fingerprint density at radius 1 is 1.38 bits per heavy atom. The Bertz CT molecular complexity index is 518. The molecule has 1 aliphatic carbocycles. The third-order valence-corrected chi connectivity index (χ3v) is 5.41. The maximum absolute atomic E-state index is 12.5. The van der Waals surface area contributed by atoms with E-state index in [-0.39, 0.29) is 11.9 Å². The zero-order valence-electron chi connectivity index (χ0n) is 12.8. The van der Waals surface area contributed by atoms with Crippen molar-refractivity contribution >= 4 is 33.4 Å². The van der Waals surface area contributed by atoms with Crippen molar-refractivity contribution in [1.29, 1.82) is 0 Å². The number of hydrogen-bond donors (Lipinski definition) is 1. The van der Waals surface area contributed by atoms with Gasteiger partial charge in [-0.25, -0.2) is 0 Å². The third kappa shape index (κ3) is 4.23. The summed E-state index contributed by atoms with van der Waals surface area (Å²) < 4.78 is 0.748. The largest absolute Gasteiger partial charge is 0.349 e. The minimum Gasteiger partial charge on any atom is -0.349 e. The predicted octanol–water partition coefficient (Wildman–Crippen LogP) is 5.29. The monoisotopic (exact) mass is 371 g/mol. The summed E-state index contributed by atoms with van der Waals surface area (Å²) in [5, 5.41) is 3.87. The van der Waals surface area contributed by atoms with Crippen LogP contribution in [0.25, 0.3) is 0 Å². The number of hydrogen-bond acceptors (Lipinski definition) is 1. The van der Waals surface area contributed by atoms with Crippen molar-refractivity contribution < 1.29 is 4.79 Å². The smallest absolute Gasteiger partial charge is 0.252 e. The molecule has 2 rings (SSSR count). The molecule has 1 amide bonds. The molecular weight excluding hydrogens is 350 g/mol. The summed E-state index contributed by atoms with van der Waals surface area (Å²) >= 11 is 9.36. The maximum atomic E-state index is 12.5. The first-order valence-electron chi connectivity index (χ1n) is 7.64.